The summed E-state index contributed by atoms with van der Waals surface area (Å²) >= 11 is 0. The van der Waals surface area contributed by atoms with Gasteiger partial charge in [-0.1, -0.05) is 13.8 Å². The van der Waals surface area contributed by atoms with Gasteiger partial charge >= 0.3 is 0 Å². The van der Waals surface area contributed by atoms with Crippen molar-refractivity contribution in [2.24, 2.45) is 0 Å². The molecule has 0 radical (unpaired) electrons. The molecule has 0 aromatic carbocycles. The van der Waals surface area contributed by atoms with Crippen LogP contribution in [-0.4, -0.2) is 61.0 Å². The monoisotopic (exact) mass is 258 g/mol. The third-order valence-corrected chi connectivity index (χ3v) is 3.81. The maximum atomic E-state index is 9.35. The molecule has 2 N–H and O–H groups in total. The molecule has 1 rings (SSSR count). The molecule has 0 aromatic rings. The predicted molar refractivity (Wildman–Crippen MR) is 74.9 cm³/mol. The summed E-state index contributed by atoms with van der Waals surface area (Å²) in [6.45, 7) is 9.83. The zero-order valence-electron chi connectivity index (χ0n) is 12.4. The molecule has 2 unspecified atom stereocenters. The number of rotatable bonds is 7. The summed E-state index contributed by atoms with van der Waals surface area (Å²) in [4.78, 5) is 2.46. The first-order chi connectivity index (χ1) is 8.49. The molecule has 1 saturated heterocycles. The molecule has 0 spiro atoms. The van der Waals surface area contributed by atoms with E-state index in [0.29, 0.717) is 6.04 Å². The first-order valence-corrected chi connectivity index (χ1v) is 7.13. The van der Waals surface area contributed by atoms with Gasteiger partial charge in [-0.25, -0.2) is 0 Å². The summed E-state index contributed by atoms with van der Waals surface area (Å²) in [6.07, 6.45) is 3.34. The third-order valence-electron chi connectivity index (χ3n) is 3.81. The van der Waals surface area contributed by atoms with Gasteiger partial charge in [-0.2, -0.15) is 0 Å². The number of hydrogen-bond donors (Lipinski definition) is 2. The van der Waals surface area contributed by atoms with Crippen molar-refractivity contribution in [1.29, 1.82) is 0 Å². The maximum absolute atomic E-state index is 9.35. The first kappa shape index (κ1) is 15.9. The Hall–Kier alpha value is -0.160. The average molecular weight is 258 g/mol. The molecule has 2 atom stereocenters. The minimum Gasteiger partial charge on any atom is -0.395 e. The number of ether oxygens (including phenoxy) is 1. The van der Waals surface area contributed by atoms with Gasteiger partial charge in [0.1, 0.15) is 0 Å². The van der Waals surface area contributed by atoms with Crippen LogP contribution >= 0.6 is 0 Å². The van der Waals surface area contributed by atoms with Gasteiger partial charge in [-0.3, -0.25) is 0 Å². The zero-order chi connectivity index (χ0) is 13.6. The van der Waals surface area contributed by atoms with E-state index in [1.807, 2.05) is 0 Å². The highest BCUT2D eigenvalue weighted by Gasteiger charge is 2.30. The normalized spacial score (nSPS) is 27.7. The molecule has 0 amide bonds. The van der Waals surface area contributed by atoms with Gasteiger partial charge < -0.3 is 20.1 Å². The molecule has 0 bridgehead atoms. The highest BCUT2D eigenvalue weighted by atomic mass is 16.5. The van der Waals surface area contributed by atoms with Gasteiger partial charge in [-0.15, -0.1) is 0 Å². The van der Waals surface area contributed by atoms with Crippen LogP contribution in [0.15, 0.2) is 0 Å². The molecule has 4 nitrogen and oxygen atoms in total. The molecule has 1 fully saturated rings. The lowest BCUT2D eigenvalue weighted by Gasteiger charge is -2.40. The van der Waals surface area contributed by atoms with Crippen molar-refractivity contribution >= 4 is 0 Å². The van der Waals surface area contributed by atoms with Crippen molar-refractivity contribution in [2.75, 3.05) is 33.4 Å². The summed E-state index contributed by atoms with van der Waals surface area (Å²) in [5, 5.41) is 12.7. The van der Waals surface area contributed by atoms with Crippen molar-refractivity contribution in [3.63, 3.8) is 0 Å². The van der Waals surface area contributed by atoms with E-state index in [4.69, 9.17) is 4.74 Å². The Kier molecular flexibility index (Phi) is 6.57. The lowest BCUT2D eigenvalue weighted by Crippen LogP contribution is -2.49. The number of nitrogens with zero attached hydrogens (tertiary/aromatic N) is 1. The van der Waals surface area contributed by atoms with Gasteiger partial charge in [0, 0.05) is 25.7 Å². The number of likely N-dealkylation sites (tertiary alicyclic amines) is 1. The molecule has 0 aromatic heterocycles. The van der Waals surface area contributed by atoms with E-state index < -0.39 is 0 Å². The lowest BCUT2D eigenvalue weighted by molar-refractivity contribution is -0.0514. The number of methoxy groups -OCH3 is 1. The summed E-state index contributed by atoms with van der Waals surface area (Å²) in [6, 6.07) is 0.633. The van der Waals surface area contributed by atoms with Crippen LogP contribution in [-0.2, 0) is 4.74 Å². The fourth-order valence-electron chi connectivity index (χ4n) is 2.70. The van der Waals surface area contributed by atoms with Gasteiger partial charge in [0.15, 0.2) is 0 Å². The summed E-state index contributed by atoms with van der Waals surface area (Å²) < 4.78 is 5.60. The zero-order valence-corrected chi connectivity index (χ0v) is 12.4. The van der Waals surface area contributed by atoms with E-state index in [-0.39, 0.29) is 18.2 Å². The second-order valence-electron chi connectivity index (χ2n) is 6.02. The van der Waals surface area contributed by atoms with Crippen LogP contribution < -0.4 is 5.32 Å². The predicted octanol–water partition coefficient (Wildman–Crippen LogP) is 1.24. The Morgan fingerprint density at radius 2 is 2.17 bits per heavy atom. The standard InChI is InChI=1S/C14H30N2O2/c1-12(2)15-13(10-17)6-9-16-8-5-7-14(3,11-16)18-4/h12-13,15,17H,5-11H2,1-4H3. The van der Waals surface area contributed by atoms with E-state index in [1.165, 1.54) is 6.42 Å². The summed E-state index contributed by atoms with van der Waals surface area (Å²) in [7, 11) is 1.81. The molecule has 18 heavy (non-hydrogen) atoms. The van der Waals surface area contributed by atoms with E-state index in [2.05, 4.69) is 31.0 Å². The number of nitrogens with one attached hydrogen (secondary N) is 1. The molecule has 1 heterocycles. The quantitative estimate of drug-likeness (QED) is 0.721. The topological polar surface area (TPSA) is 44.7 Å². The largest absolute Gasteiger partial charge is 0.395 e. The Morgan fingerprint density at radius 3 is 2.72 bits per heavy atom. The maximum Gasteiger partial charge on any atom is 0.0777 e. The third kappa shape index (κ3) is 5.22. The van der Waals surface area contributed by atoms with E-state index in [0.717, 1.165) is 32.5 Å². The van der Waals surface area contributed by atoms with Crippen molar-refractivity contribution < 1.29 is 9.84 Å². The van der Waals surface area contributed by atoms with Crippen LogP contribution in [0.2, 0.25) is 0 Å². The number of hydrogen-bond acceptors (Lipinski definition) is 4. The van der Waals surface area contributed by atoms with Crippen molar-refractivity contribution in [3.8, 4) is 0 Å². The van der Waals surface area contributed by atoms with Crippen molar-refractivity contribution in [3.05, 3.63) is 0 Å². The molecule has 108 valence electrons. The molecular formula is C14H30N2O2. The second-order valence-corrected chi connectivity index (χ2v) is 6.02. The van der Waals surface area contributed by atoms with Crippen LogP contribution in [0, 0.1) is 0 Å². The summed E-state index contributed by atoms with van der Waals surface area (Å²) in [5.41, 5.74) is 0.0123. The van der Waals surface area contributed by atoms with E-state index >= 15 is 0 Å². The van der Waals surface area contributed by atoms with Crippen LogP contribution in [0.1, 0.15) is 40.0 Å². The lowest BCUT2D eigenvalue weighted by atomic mass is 9.94. The molecule has 1 aliphatic rings. The number of piperidine rings is 1. The van der Waals surface area contributed by atoms with Gasteiger partial charge in [0.2, 0.25) is 0 Å². The Balaban J connectivity index is 2.33. The number of aliphatic hydroxyl groups excluding tert-OH is 1. The Bertz CT molecular complexity index is 236. The van der Waals surface area contributed by atoms with E-state index in [9.17, 15) is 5.11 Å². The van der Waals surface area contributed by atoms with Crippen LogP contribution in [0.3, 0.4) is 0 Å². The Morgan fingerprint density at radius 1 is 1.44 bits per heavy atom. The minimum atomic E-state index is 0.0123. The van der Waals surface area contributed by atoms with Gasteiger partial charge in [0.25, 0.3) is 0 Å². The SMILES string of the molecule is COC1(C)CCCN(CCC(CO)NC(C)C)C1. The highest BCUT2D eigenvalue weighted by Crippen LogP contribution is 2.23. The smallest absolute Gasteiger partial charge is 0.0777 e. The molecule has 1 aliphatic heterocycles. The second kappa shape index (κ2) is 7.43. The minimum absolute atomic E-state index is 0.0123. The fourth-order valence-corrected chi connectivity index (χ4v) is 2.70. The first-order valence-electron chi connectivity index (χ1n) is 7.13. The molecule has 4 heteroatoms. The molecule has 0 aliphatic carbocycles. The van der Waals surface area contributed by atoms with Crippen molar-refractivity contribution in [1.82, 2.24) is 10.2 Å². The van der Waals surface area contributed by atoms with Crippen LogP contribution in [0.25, 0.3) is 0 Å². The van der Waals surface area contributed by atoms with Crippen LogP contribution in [0.5, 0.6) is 0 Å². The highest BCUT2D eigenvalue weighted by molar-refractivity contribution is 4.85. The van der Waals surface area contributed by atoms with Gasteiger partial charge in [-0.05, 0) is 39.3 Å². The fraction of sp³-hybridized carbons (Fsp3) is 1.00. The van der Waals surface area contributed by atoms with E-state index in [1.54, 1.807) is 7.11 Å². The summed E-state index contributed by atoms with van der Waals surface area (Å²) in [5.74, 6) is 0. The molecular weight excluding hydrogens is 228 g/mol. The molecule has 0 saturated carbocycles. The van der Waals surface area contributed by atoms with Crippen molar-refractivity contribution in [2.45, 2.75) is 57.7 Å². The van der Waals surface area contributed by atoms with Gasteiger partial charge in [0.05, 0.1) is 12.2 Å². The number of aliphatic hydroxyl groups is 1. The Labute approximate surface area is 112 Å². The van der Waals surface area contributed by atoms with Crippen LogP contribution in [0.4, 0.5) is 0 Å². The average Bonchev–Trinajstić information content (AvgIpc) is 2.34.